The smallest absolute Gasteiger partial charge is 0.326 e. The van der Waals surface area contributed by atoms with Gasteiger partial charge in [0.05, 0.1) is 25.3 Å². The van der Waals surface area contributed by atoms with Gasteiger partial charge in [0.25, 0.3) is 0 Å². The second-order valence-corrected chi connectivity index (χ2v) is 6.24. The van der Waals surface area contributed by atoms with Crippen molar-refractivity contribution in [3.05, 3.63) is 0 Å². The Balaban J connectivity index is 5.12. The number of primary amides is 2. The number of hydrogen-bond donors (Lipinski definition) is 8. The maximum absolute atomic E-state index is 12.3. The van der Waals surface area contributed by atoms with Gasteiger partial charge in [0.2, 0.25) is 29.5 Å². The molecule has 0 fully saturated rings. The summed E-state index contributed by atoms with van der Waals surface area (Å²) >= 11 is 0. The SMILES string of the molecule is CC(NC(=O)C(CC(=O)O)NC(=O)C(N)CC(N)=O)C(=O)NC(CC(N)=O)C(=O)O. The summed E-state index contributed by atoms with van der Waals surface area (Å²) in [5.41, 5.74) is 15.2. The van der Waals surface area contributed by atoms with Gasteiger partial charge in [0.1, 0.15) is 18.1 Å². The van der Waals surface area contributed by atoms with E-state index in [9.17, 15) is 33.6 Å². The van der Waals surface area contributed by atoms with Gasteiger partial charge in [-0.2, -0.15) is 0 Å². The predicted octanol–water partition coefficient (Wildman–Crippen LogP) is -4.90. The molecule has 4 atom stereocenters. The van der Waals surface area contributed by atoms with E-state index in [0.717, 1.165) is 6.92 Å². The molecule has 15 heteroatoms. The fraction of sp³-hybridized carbons (Fsp3) is 0.533. The summed E-state index contributed by atoms with van der Waals surface area (Å²) in [6.45, 7) is 1.15. The van der Waals surface area contributed by atoms with Crippen LogP contribution in [0.2, 0.25) is 0 Å². The number of carbonyl (C=O) groups excluding carboxylic acids is 5. The summed E-state index contributed by atoms with van der Waals surface area (Å²) in [4.78, 5) is 79.9. The van der Waals surface area contributed by atoms with Crippen molar-refractivity contribution in [1.82, 2.24) is 16.0 Å². The summed E-state index contributed by atoms with van der Waals surface area (Å²) in [5, 5.41) is 24.0. The quantitative estimate of drug-likeness (QED) is 0.137. The molecule has 15 nitrogen and oxygen atoms in total. The van der Waals surface area contributed by atoms with E-state index in [-0.39, 0.29) is 0 Å². The topological polar surface area (TPSA) is 274 Å². The number of hydrogen-bond acceptors (Lipinski definition) is 8. The zero-order valence-electron chi connectivity index (χ0n) is 15.9. The Morgan fingerprint density at radius 2 is 1.23 bits per heavy atom. The molecule has 168 valence electrons. The Hall–Kier alpha value is -3.75. The first kappa shape index (κ1) is 26.2. The molecule has 0 aromatic carbocycles. The molecule has 11 N–H and O–H groups in total. The third kappa shape index (κ3) is 9.98. The molecule has 0 heterocycles. The number of carboxylic acid groups (broad SMARTS) is 2. The van der Waals surface area contributed by atoms with Gasteiger partial charge in [-0.15, -0.1) is 0 Å². The van der Waals surface area contributed by atoms with Gasteiger partial charge < -0.3 is 43.4 Å². The van der Waals surface area contributed by atoms with Crippen molar-refractivity contribution in [2.75, 3.05) is 0 Å². The lowest BCUT2D eigenvalue weighted by molar-refractivity contribution is -0.144. The highest BCUT2D eigenvalue weighted by molar-refractivity contribution is 5.96. The first-order valence-electron chi connectivity index (χ1n) is 8.42. The number of aliphatic carboxylic acids is 2. The molecule has 0 radical (unpaired) electrons. The Bertz CT molecular complexity index is 725. The van der Waals surface area contributed by atoms with Crippen molar-refractivity contribution < 1.29 is 43.8 Å². The minimum atomic E-state index is -1.66. The normalized spacial score (nSPS) is 14.3. The Kier molecular flexibility index (Phi) is 10.5. The average Bonchev–Trinajstić information content (AvgIpc) is 2.58. The van der Waals surface area contributed by atoms with Gasteiger partial charge in [0.15, 0.2) is 0 Å². The van der Waals surface area contributed by atoms with E-state index < -0.39 is 84.9 Å². The van der Waals surface area contributed by atoms with Gasteiger partial charge in [-0.05, 0) is 6.92 Å². The van der Waals surface area contributed by atoms with Crippen LogP contribution in [-0.4, -0.2) is 75.9 Å². The van der Waals surface area contributed by atoms with E-state index >= 15 is 0 Å². The highest BCUT2D eigenvalue weighted by atomic mass is 16.4. The van der Waals surface area contributed by atoms with Crippen molar-refractivity contribution in [2.24, 2.45) is 17.2 Å². The lowest BCUT2D eigenvalue weighted by atomic mass is 10.1. The summed E-state index contributed by atoms with van der Waals surface area (Å²) in [7, 11) is 0. The van der Waals surface area contributed by atoms with E-state index in [4.69, 9.17) is 27.4 Å². The zero-order valence-corrected chi connectivity index (χ0v) is 15.9. The largest absolute Gasteiger partial charge is 0.481 e. The minimum absolute atomic E-state index is 0.553. The highest BCUT2D eigenvalue weighted by Crippen LogP contribution is 1.99. The molecule has 0 spiro atoms. The standard InChI is InChI=1S/C15H24N6O9/c1-5(12(26)21-8(15(29)30)3-10(18)23)19-14(28)7(4-11(24)25)20-13(27)6(16)2-9(17)22/h5-8H,2-4,16H2,1H3,(H2,17,22)(H2,18,23)(H,19,28)(H,20,27)(H,21,26)(H,24,25)(H,29,30). The fourth-order valence-corrected chi connectivity index (χ4v) is 2.05. The van der Waals surface area contributed by atoms with Crippen molar-refractivity contribution in [3.8, 4) is 0 Å². The molecule has 5 amide bonds. The van der Waals surface area contributed by atoms with Crippen LogP contribution >= 0.6 is 0 Å². The van der Waals surface area contributed by atoms with Crippen LogP contribution in [0.15, 0.2) is 0 Å². The van der Waals surface area contributed by atoms with Crippen LogP contribution < -0.4 is 33.2 Å². The van der Waals surface area contributed by atoms with Gasteiger partial charge >= 0.3 is 11.9 Å². The monoisotopic (exact) mass is 432 g/mol. The van der Waals surface area contributed by atoms with Gasteiger partial charge in [-0.3, -0.25) is 28.8 Å². The molecule has 30 heavy (non-hydrogen) atoms. The summed E-state index contributed by atoms with van der Waals surface area (Å²) in [6.07, 6.45) is -2.13. The van der Waals surface area contributed by atoms with Crippen LogP contribution in [0.4, 0.5) is 0 Å². The lowest BCUT2D eigenvalue weighted by Crippen LogP contribution is -2.57. The molecular formula is C15H24N6O9. The number of nitrogens with two attached hydrogens (primary N) is 3. The molecule has 0 saturated heterocycles. The Morgan fingerprint density at radius 1 is 0.733 bits per heavy atom. The van der Waals surface area contributed by atoms with Crippen LogP contribution in [0.5, 0.6) is 0 Å². The van der Waals surface area contributed by atoms with Gasteiger partial charge in [-0.25, -0.2) is 4.79 Å². The second-order valence-electron chi connectivity index (χ2n) is 6.24. The molecule has 0 aliphatic carbocycles. The number of carboxylic acids is 2. The van der Waals surface area contributed by atoms with E-state index in [1.165, 1.54) is 0 Å². The van der Waals surface area contributed by atoms with Crippen molar-refractivity contribution in [1.29, 1.82) is 0 Å². The number of amides is 5. The zero-order chi connectivity index (χ0) is 23.6. The average molecular weight is 432 g/mol. The molecule has 0 aliphatic heterocycles. The predicted molar refractivity (Wildman–Crippen MR) is 97.0 cm³/mol. The molecule has 0 saturated carbocycles. The fourth-order valence-electron chi connectivity index (χ4n) is 2.05. The third-order valence-corrected chi connectivity index (χ3v) is 3.54. The Morgan fingerprint density at radius 3 is 1.67 bits per heavy atom. The molecule has 4 unspecified atom stereocenters. The highest BCUT2D eigenvalue weighted by Gasteiger charge is 2.30. The van der Waals surface area contributed by atoms with Gasteiger partial charge in [0, 0.05) is 0 Å². The lowest BCUT2D eigenvalue weighted by Gasteiger charge is -2.22. The van der Waals surface area contributed by atoms with Crippen LogP contribution in [-0.2, 0) is 33.6 Å². The summed E-state index contributed by atoms with van der Waals surface area (Å²) in [5.74, 6) is -8.03. The van der Waals surface area contributed by atoms with Crippen molar-refractivity contribution in [2.45, 2.75) is 50.4 Å². The van der Waals surface area contributed by atoms with Gasteiger partial charge in [-0.1, -0.05) is 0 Å². The van der Waals surface area contributed by atoms with E-state index in [1.807, 2.05) is 10.6 Å². The first-order valence-corrected chi connectivity index (χ1v) is 8.42. The summed E-state index contributed by atoms with van der Waals surface area (Å²) < 4.78 is 0. The van der Waals surface area contributed by atoms with Crippen LogP contribution in [0.25, 0.3) is 0 Å². The van der Waals surface area contributed by atoms with Crippen molar-refractivity contribution >= 4 is 41.5 Å². The molecule has 0 aromatic rings. The maximum Gasteiger partial charge on any atom is 0.326 e. The minimum Gasteiger partial charge on any atom is -0.481 e. The third-order valence-electron chi connectivity index (χ3n) is 3.54. The first-order chi connectivity index (χ1) is 13.7. The Labute approximate surface area is 169 Å². The molecule has 0 aliphatic rings. The molecule has 0 aromatic heterocycles. The van der Waals surface area contributed by atoms with Crippen LogP contribution in [0.1, 0.15) is 26.2 Å². The van der Waals surface area contributed by atoms with E-state index in [2.05, 4.69) is 5.32 Å². The summed E-state index contributed by atoms with van der Waals surface area (Å²) in [6, 6.07) is -6.11. The molecule has 0 bridgehead atoms. The van der Waals surface area contributed by atoms with E-state index in [1.54, 1.807) is 0 Å². The molecular weight excluding hydrogens is 408 g/mol. The van der Waals surface area contributed by atoms with Crippen LogP contribution in [0, 0.1) is 0 Å². The van der Waals surface area contributed by atoms with E-state index in [0.29, 0.717) is 0 Å². The molecule has 0 rings (SSSR count). The van der Waals surface area contributed by atoms with Crippen molar-refractivity contribution in [3.63, 3.8) is 0 Å². The number of rotatable bonds is 13. The number of nitrogens with one attached hydrogen (secondary N) is 3. The maximum atomic E-state index is 12.3. The number of carbonyl (C=O) groups is 7. The second kappa shape index (κ2) is 11.9. The van der Waals surface area contributed by atoms with Crippen LogP contribution in [0.3, 0.4) is 0 Å².